The highest BCUT2D eigenvalue weighted by atomic mass is 35.5. The van der Waals surface area contributed by atoms with Crippen LogP contribution in [0.3, 0.4) is 0 Å². The van der Waals surface area contributed by atoms with Crippen molar-refractivity contribution >= 4 is 29.1 Å². The van der Waals surface area contributed by atoms with Crippen LogP contribution < -0.4 is 0 Å². The molecule has 0 bridgehead atoms. The van der Waals surface area contributed by atoms with Gasteiger partial charge in [-0.05, 0) is 30.0 Å². The van der Waals surface area contributed by atoms with Gasteiger partial charge in [0.15, 0.2) is 0 Å². The maximum atomic E-state index is 6.19. The molecule has 21 heavy (non-hydrogen) atoms. The SMILES string of the molecule is Clc1ccc(CN2C=CC(OCCC3CC3)=NC2)c(Cl)c1. The van der Waals surface area contributed by atoms with Crippen molar-refractivity contribution in [1.82, 2.24) is 4.90 Å². The van der Waals surface area contributed by atoms with Gasteiger partial charge in [-0.3, -0.25) is 0 Å². The van der Waals surface area contributed by atoms with Crippen LogP contribution in [-0.2, 0) is 11.3 Å². The van der Waals surface area contributed by atoms with Crippen molar-refractivity contribution in [2.45, 2.75) is 25.8 Å². The van der Waals surface area contributed by atoms with Gasteiger partial charge in [-0.25, -0.2) is 4.99 Å². The second-order valence-electron chi connectivity index (χ2n) is 5.52. The van der Waals surface area contributed by atoms with Gasteiger partial charge in [0.25, 0.3) is 0 Å². The smallest absolute Gasteiger partial charge is 0.211 e. The van der Waals surface area contributed by atoms with E-state index in [0.717, 1.165) is 30.4 Å². The molecule has 0 radical (unpaired) electrons. The number of aliphatic imine (C=N–C) groups is 1. The minimum atomic E-state index is 0.591. The van der Waals surface area contributed by atoms with E-state index in [1.807, 2.05) is 24.4 Å². The minimum absolute atomic E-state index is 0.591. The predicted octanol–water partition coefficient (Wildman–Crippen LogP) is 4.50. The van der Waals surface area contributed by atoms with Gasteiger partial charge in [0.05, 0.1) is 6.61 Å². The standard InChI is InChI=1S/C16H18Cl2N2O/c17-14-4-3-13(15(18)9-14)10-20-7-5-16(19-11-20)21-8-6-12-1-2-12/h3-5,7,9,12H,1-2,6,8,10-11H2. The summed E-state index contributed by atoms with van der Waals surface area (Å²) < 4.78 is 5.66. The number of hydrogen-bond donors (Lipinski definition) is 0. The molecular weight excluding hydrogens is 307 g/mol. The summed E-state index contributed by atoms with van der Waals surface area (Å²) in [5, 5.41) is 1.34. The molecule has 3 rings (SSSR count). The molecular formula is C16H18Cl2N2O. The van der Waals surface area contributed by atoms with Crippen molar-refractivity contribution < 1.29 is 4.74 Å². The fraction of sp³-hybridized carbons (Fsp3) is 0.438. The van der Waals surface area contributed by atoms with Gasteiger partial charge in [-0.1, -0.05) is 42.1 Å². The lowest BCUT2D eigenvalue weighted by Crippen LogP contribution is -2.22. The second kappa shape index (κ2) is 6.71. The molecule has 1 aromatic carbocycles. The summed E-state index contributed by atoms with van der Waals surface area (Å²) in [7, 11) is 0. The molecule has 0 unspecified atom stereocenters. The zero-order chi connectivity index (χ0) is 14.7. The van der Waals surface area contributed by atoms with E-state index in [0.29, 0.717) is 23.3 Å². The summed E-state index contributed by atoms with van der Waals surface area (Å²) in [6.07, 6.45) is 7.80. The normalized spacial score (nSPS) is 17.8. The van der Waals surface area contributed by atoms with Crippen LogP contribution in [0.5, 0.6) is 0 Å². The monoisotopic (exact) mass is 324 g/mol. The van der Waals surface area contributed by atoms with Gasteiger partial charge in [0, 0.05) is 28.9 Å². The zero-order valence-electron chi connectivity index (χ0n) is 11.8. The number of hydrogen-bond acceptors (Lipinski definition) is 3. The topological polar surface area (TPSA) is 24.8 Å². The molecule has 0 atom stereocenters. The maximum Gasteiger partial charge on any atom is 0.211 e. The van der Waals surface area contributed by atoms with Crippen LogP contribution in [0.2, 0.25) is 10.0 Å². The Hall–Kier alpha value is -1.19. The average molecular weight is 325 g/mol. The Morgan fingerprint density at radius 3 is 2.81 bits per heavy atom. The highest BCUT2D eigenvalue weighted by Crippen LogP contribution is 2.32. The van der Waals surface area contributed by atoms with Crippen molar-refractivity contribution in [3.63, 3.8) is 0 Å². The first-order valence-corrected chi connectivity index (χ1v) is 8.00. The molecule has 112 valence electrons. The van der Waals surface area contributed by atoms with E-state index >= 15 is 0 Å². The lowest BCUT2D eigenvalue weighted by molar-refractivity contribution is 0.280. The van der Waals surface area contributed by atoms with E-state index in [4.69, 9.17) is 27.9 Å². The molecule has 3 nitrogen and oxygen atoms in total. The lowest BCUT2D eigenvalue weighted by Gasteiger charge is -2.22. The van der Waals surface area contributed by atoms with E-state index in [9.17, 15) is 0 Å². The van der Waals surface area contributed by atoms with Gasteiger partial charge in [0.1, 0.15) is 6.67 Å². The van der Waals surface area contributed by atoms with Crippen molar-refractivity contribution in [3.8, 4) is 0 Å². The summed E-state index contributed by atoms with van der Waals surface area (Å²) in [4.78, 5) is 6.52. The van der Waals surface area contributed by atoms with Crippen LogP contribution in [0.15, 0.2) is 35.5 Å². The van der Waals surface area contributed by atoms with Crippen molar-refractivity contribution in [2.24, 2.45) is 10.9 Å². The highest BCUT2D eigenvalue weighted by Gasteiger charge is 2.21. The summed E-state index contributed by atoms with van der Waals surface area (Å²) in [5.41, 5.74) is 1.04. The number of halogens is 2. The Labute approximate surface area is 135 Å². The van der Waals surface area contributed by atoms with Crippen molar-refractivity contribution in [1.29, 1.82) is 0 Å². The van der Waals surface area contributed by atoms with Crippen molar-refractivity contribution in [2.75, 3.05) is 13.3 Å². The molecule has 1 heterocycles. The molecule has 1 saturated carbocycles. The van der Waals surface area contributed by atoms with Gasteiger partial charge in [-0.15, -0.1) is 0 Å². The van der Waals surface area contributed by atoms with Crippen LogP contribution >= 0.6 is 23.2 Å². The van der Waals surface area contributed by atoms with Gasteiger partial charge in [-0.2, -0.15) is 0 Å². The Balaban J connectivity index is 1.48. The predicted molar refractivity (Wildman–Crippen MR) is 86.7 cm³/mol. The molecule has 0 aromatic heterocycles. The van der Waals surface area contributed by atoms with Crippen LogP contribution in [-0.4, -0.2) is 24.1 Å². The molecule has 5 heteroatoms. The van der Waals surface area contributed by atoms with Crippen LogP contribution in [0.1, 0.15) is 24.8 Å². The first kappa shape index (κ1) is 14.7. The zero-order valence-corrected chi connectivity index (χ0v) is 13.3. The summed E-state index contributed by atoms with van der Waals surface area (Å²) in [6, 6.07) is 5.57. The third-order valence-corrected chi connectivity index (χ3v) is 4.28. The second-order valence-corrected chi connectivity index (χ2v) is 6.36. The van der Waals surface area contributed by atoms with Gasteiger partial charge < -0.3 is 9.64 Å². The van der Waals surface area contributed by atoms with E-state index in [1.165, 1.54) is 12.8 Å². The number of ether oxygens (including phenoxy) is 1. The van der Waals surface area contributed by atoms with E-state index < -0.39 is 0 Å². The fourth-order valence-electron chi connectivity index (χ4n) is 2.23. The number of nitrogens with zero attached hydrogens (tertiary/aromatic N) is 2. The Kier molecular flexibility index (Phi) is 4.71. The lowest BCUT2D eigenvalue weighted by atomic mass is 10.2. The molecule has 0 amide bonds. The Morgan fingerprint density at radius 2 is 2.14 bits per heavy atom. The molecule has 1 aromatic rings. The third kappa shape index (κ3) is 4.39. The maximum absolute atomic E-state index is 6.19. The van der Waals surface area contributed by atoms with Crippen LogP contribution in [0.4, 0.5) is 0 Å². The number of rotatable bonds is 5. The molecule has 0 spiro atoms. The molecule has 1 aliphatic heterocycles. The van der Waals surface area contributed by atoms with E-state index in [1.54, 1.807) is 6.07 Å². The molecule has 2 aliphatic rings. The fourth-order valence-corrected chi connectivity index (χ4v) is 2.70. The molecule has 0 N–H and O–H groups in total. The first-order valence-electron chi connectivity index (χ1n) is 7.24. The first-order chi connectivity index (χ1) is 10.2. The van der Waals surface area contributed by atoms with E-state index in [2.05, 4.69) is 9.89 Å². The van der Waals surface area contributed by atoms with Crippen LogP contribution in [0, 0.1) is 5.92 Å². The highest BCUT2D eigenvalue weighted by molar-refractivity contribution is 6.35. The Bertz CT molecular complexity index is 567. The van der Waals surface area contributed by atoms with Gasteiger partial charge in [0.2, 0.25) is 5.90 Å². The summed E-state index contributed by atoms with van der Waals surface area (Å²) in [5.74, 6) is 1.62. The average Bonchev–Trinajstić information content (AvgIpc) is 3.28. The molecule has 1 fully saturated rings. The van der Waals surface area contributed by atoms with Gasteiger partial charge >= 0.3 is 0 Å². The quantitative estimate of drug-likeness (QED) is 0.796. The number of benzene rings is 1. The summed E-state index contributed by atoms with van der Waals surface area (Å²) in [6.45, 7) is 2.08. The minimum Gasteiger partial charge on any atom is -0.478 e. The van der Waals surface area contributed by atoms with Crippen molar-refractivity contribution in [3.05, 3.63) is 46.1 Å². The molecule has 0 saturated heterocycles. The van der Waals surface area contributed by atoms with Crippen LogP contribution in [0.25, 0.3) is 0 Å². The third-order valence-electron chi connectivity index (χ3n) is 3.70. The summed E-state index contributed by atoms with van der Waals surface area (Å²) >= 11 is 12.1. The Morgan fingerprint density at radius 1 is 1.29 bits per heavy atom. The largest absolute Gasteiger partial charge is 0.478 e. The van der Waals surface area contributed by atoms with E-state index in [-0.39, 0.29) is 0 Å². The molecule has 1 aliphatic carbocycles.